The SMILES string of the molecule is CCCCc1nc(N2CCN(C(=O)c3ccc(CC)cc3)CC2)c2c3c(sc2n1)CCCC3. The Balaban J connectivity index is 1.39. The molecule has 6 heteroatoms. The fourth-order valence-electron chi connectivity index (χ4n) is 5.04. The number of unbranched alkanes of at least 4 members (excludes halogenated alkanes) is 1. The average Bonchev–Trinajstić information content (AvgIpc) is 3.25. The number of amides is 1. The lowest BCUT2D eigenvalue weighted by Gasteiger charge is -2.36. The lowest BCUT2D eigenvalue weighted by atomic mass is 9.96. The van der Waals surface area contributed by atoms with Crippen LogP contribution >= 0.6 is 11.3 Å². The van der Waals surface area contributed by atoms with Crippen molar-refractivity contribution >= 4 is 33.3 Å². The largest absolute Gasteiger partial charge is 0.352 e. The van der Waals surface area contributed by atoms with E-state index in [2.05, 4.69) is 30.9 Å². The van der Waals surface area contributed by atoms with Gasteiger partial charge in [-0.1, -0.05) is 32.4 Å². The number of thiophene rings is 1. The highest BCUT2D eigenvalue weighted by Gasteiger charge is 2.27. The van der Waals surface area contributed by atoms with Gasteiger partial charge in [-0.3, -0.25) is 4.79 Å². The molecule has 5 rings (SSSR count). The number of carbonyl (C=O) groups is 1. The van der Waals surface area contributed by atoms with E-state index in [1.807, 2.05) is 28.4 Å². The minimum absolute atomic E-state index is 0.140. The first kappa shape index (κ1) is 22.3. The summed E-state index contributed by atoms with van der Waals surface area (Å²) in [5.74, 6) is 2.24. The van der Waals surface area contributed by atoms with E-state index in [1.54, 1.807) is 0 Å². The van der Waals surface area contributed by atoms with Crippen LogP contribution in [0.2, 0.25) is 0 Å². The van der Waals surface area contributed by atoms with Crippen molar-refractivity contribution in [2.75, 3.05) is 31.1 Å². The summed E-state index contributed by atoms with van der Waals surface area (Å²) >= 11 is 1.89. The summed E-state index contributed by atoms with van der Waals surface area (Å²) in [5.41, 5.74) is 3.55. The number of hydrogen-bond acceptors (Lipinski definition) is 5. The molecule has 0 bridgehead atoms. The van der Waals surface area contributed by atoms with Crippen molar-refractivity contribution < 1.29 is 4.79 Å². The van der Waals surface area contributed by atoms with Gasteiger partial charge in [0.05, 0.1) is 5.39 Å². The summed E-state index contributed by atoms with van der Waals surface area (Å²) in [5, 5.41) is 1.30. The minimum atomic E-state index is 0.140. The summed E-state index contributed by atoms with van der Waals surface area (Å²) in [6.07, 6.45) is 9.07. The predicted molar refractivity (Wildman–Crippen MR) is 137 cm³/mol. The lowest BCUT2D eigenvalue weighted by molar-refractivity contribution is 0.0746. The normalized spacial score (nSPS) is 16.3. The topological polar surface area (TPSA) is 49.3 Å². The van der Waals surface area contributed by atoms with Crippen molar-refractivity contribution in [1.29, 1.82) is 0 Å². The molecular formula is C27H34N4OS. The van der Waals surface area contributed by atoms with E-state index < -0.39 is 0 Å². The molecule has 5 nitrogen and oxygen atoms in total. The fraction of sp³-hybridized carbons (Fsp3) is 0.519. The fourth-order valence-corrected chi connectivity index (χ4v) is 6.32. The second-order valence-corrected chi connectivity index (χ2v) is 10.4. The summed E-state index contributed by atoms with van der Waals surface area (Å²) in [7, 11) is 0. The third-order valence-electron chi connectivity index (χ3n) is 7.07. The lowest BCUT2D eigenvalue weighted by Crippen LogP contribution is -2.49. The molecule has 0 atom stereocenters. The molecule has 33 heavy (non-hydrogen) atoms. The maximum absolute atomic E-state index is 13.1. The van der Waals surface area contributed by atoms with Crippen molar-refractivity contribution in [3.8, 4) is 0 Å². The first-order valence-corrected chi connectivity index (χ1v) is 13.4. The van der Waals surface area contributed by atoms with E-state index in [4.69, 9.17) is 9.97 Å². The maximum atomic E-state index is 13.1. The predicted octanol–water partition coefficient (Wildman–Crippen LogP) is 5.44. The molecule has 1 fully saturated rings. The molecule has 0 spiro atoms. The molecular weight excluding hydrogens is 428 g/mol. The van der Waals surface area contributed by atoms with Gasteiger partial charge >= 0.3 is 0 Å². The standard InChI is InChI=1S/C27H34N4OS/c1-3-5-10-23-28-25(24-21-8-6-7-9-22(21)33-26(24)29-23)30-15-17-31(18-16-30)27(32)20-13-11-19(4-2)12-14-20/h11-14H,3-10,15-18H2,1-2H3. The molecule has 1 aliphatic carbocycles. The Hall–Kier alpha value is -2.47. The maximum Gasteiger partial charge on any atom is 0.253 e. The van der Waals surface area contributed by atoms with Gasteiger partial charge in [0.25, 0.3) is 5.91 Å². The van der Waals surface area contributed by atoms with E-state index in [0.29, 0.717) is 0 Å². The van der Waals surface area contributed by atoms with Crippen LogP contribution in [-0.4, -0.2) is 47.0 Å². The third-order valence-corrected chi connectivity index (χ3v) is 8.26. The van der Waals surface area contributed by atoms with E-state index in [-0.39, 0.29) is 5.91 Å². The third kappa shape index (κ3) is 4.50. The number of fused-ring (bicyclic) bond motifs is 3. The molecule has 3 aromatic rings. The highest BCUT2D eigenvalue weighted by Crippen LogP contribution is 2.40. The average molecular weight is 463 g/mol. The van der Waals surface area contributed by atoms with Crippen LogP contribution in [0.3, 0.4) is 0 Å². The van der Waals surface area contributed by atoms with Crippen molar-refractivity contribution in [2.24, 2.45) is 0 Å². The van der Waals surface area contributed by atoms with E-state index in [0.717, 1.165) is 75.5 Å². The van der Waals surface area contributed by atoms with Gasteiger partial charge in [0.1, 0.15) is 16.5 Å². The van der Waals surface area contributed by atoms with Crippen molar-refractivity contribution in [2.45, 2.75) is 65.2 Å². The second kappa shape index (κ2) is 9.80. The Bertz CT molecular complexity index is 1130. The summed E-state index contributed by atoms with van der Waals surface area (Å²) in [4.78, 5) is 30.3. The van der Waals surface area contributed by atoms with Crippen LogP contribution in [0.15, 0.2) is 24.3 Å². The Labute approximate surface area is 200 Å². The highest BCUT2D eigenvalue weighted by atomic mass is 32.1. The number of rotatable bonds is 6. The van der Waals surface area contributed by atoms with Crippen LogP contribution in [0.25, 0.3) is 10.2 Å². The van der Waals surface area contributed by atoms with Crippen LogP contribution in [0.1, 0.15) is 71.7 Å². The summed E-state index contributed by atoms with van der Waals surface area (Å²) in [6, 6.07) is 8.08. The molecule has 3 heterocycles. The quantitative estimate of drug-likeness (QED) is 0.490. The molecule has 174 valence electrons. The van der Waals surface area contributed by atoms with Gasteiger partial charge in [-0.2, -0.15) is 0 Å². The Morgan fingerprint density at radius 3 is 2.48 bits per heavy atom. The number of aryl methyl sites for hydroxylation is 4. The van der Waals surface area contributed by atoms with Crippen molar-refractivity contribution in [1.82, 2.24) is 14.9 Å². The number of nitrogens with zero attached hydrogens (tertiary/aromatic N) is 4. The Morgan fingerprint density at radius 1 is 1.00 bits per heavy atom. The number of aromatic nitrogens is 2. The molecule has 0 saturated carbocycles. The van der Waals surface area contributed by atoms with Crippen LogP contribution < -0.4 is 4.90 Å². The van der Waals surface area contributed by atoms with E-state index in [9.17, 15) is 4.79 Å². The zero-order valence-corrected chi connectivity index (χ0v) is 20.7. The molecule has 0 unspecified atom stereocenters. The van der Waals surface area contributed by atoms with Gasteiger partial charge in [-0.15, -0.1) is 11.3 Å². The molecule has 0 radical (unpaired) electrons. The number of benzene rings is 1. The van der Waals surface area contributed by atoms with Gasteiger partial charge in [0, 0.05) is 43.0 Å². The van der Waals surface area contributed by atoms with Gasteiger partial charge in [-0.25, -0.2) is 9.97 Å². The van der Waals surface area contributed by atoms with Crippen LogP contribution in [0.4, 0.5) is 5.82 Å². The summed E-state index contributed by atoms with van der Waals surface area (Å²) in [6.45, 7) is 7.46. The number of hydrogen-bond donors (Lipinski definition) is 0. The van der Waals surface area contributed by atoms with Gasteiger partial charge < -0.3 is 9.80 Å². The van der Waals surface area contributed by atoms with Gasteiger partial charge in [0.2, 0.25) is 0 Å². The minimum Gasteiger partial charge on any atom is -0.352 e. The first-order valence-electron chi connectivity index (χ1n) is 12.6. The van der Waals surface area contributed by atoms with E-state index in [1.165, 1.54) is 45.5 Å². The molecule has 2 aromatic heterocycles. The Kier molecular flexibility index (Phi) is 6.63. The highest BCUT2D eigenvalue weighted by molar-refractivity contribution is 7.19. The zero-order valence-electron chi connectivity index (χ0n) is 19.9. The molecule has 1 amide bonds. The van der Waals surface area contributed by atoms with Crippen LogP contribution in [0.5, 0.6) is 0 Å². The number of anilines is 1. The van der Waals surface area contributed by atoms with Gasteiger partial charge in [-0.05, 0) is 61.8 Å². The zero-order chi connectivity index (χ0) is 22.8. The smallest absolute Gasteiger partial charge is 0.253 e. The second-order valence-electron chi connectivity index (χ2n) is 9.29. The van der Waals surface area contributed by atoms with Crippen molar-refractivity contribution in [3.63, 3.8) is 0 Å². The van der Waals surface area contributed by atoms with Crippen LogP contribution in [-0.2, 0) is 25.7 Å². The molecule has 1 aliphatic heterocycles. The molecule has 1 aromatic carbocycles. The molecule has 2 aliphatic rings. The molecule has 0 N–H and O–H groups in total. The van der Waals surface area contributed by atoms with Crippen molar-refractivity contribution in [3.05, 3.63) is 51.7 Å². The molecule has 1 saturated heterocycles. The van der Waals surface area contributed by atoms with Gasteiger partial charge in [0.15, 0.2) is 0 Å². The first-order chi connectivity index (χ1) is 16.2. The monoisotopic (exact) mass is 462 g/mol. The summed E-state index contributed by atoms with van der Waals surface area (Å²) < 4.78 is 0. The Morgan fingerprint density at radius 2 is 1.76 bits per heavy atom. The van der Waals surface area contributed by atoms with E-state index >= 15 is 0 Å². The number of piperazine rings is 1. The number of carbonyl (C=O) groups excluding carboxylic acids is 1. The van der Waals surface area contributed by atoms with Crippen LogP contribution in [0, 0.1) is 0 Å².